The van der Waals surface area contributed by atoms with Gasteiger partial charge in [0.2, 0.25) is 0 Å². The lowest BCUT2D eigenvalue weighted by Crippen LogP contribution is -2.40. The van der Waals surface area contributed by atoms with Gasteiger partial charge in [-0.15, -0.1) is 6.42 Å². The van der Waals surface area contributed by atoms with Crippen molar-refractivity contribution in [2.75, 3.05) is 25.1 Å². The van der Waals surface area contributed by atoms with E-state index in [4.69, 9.17) is 25.6 Å². The molecule has 5 rings (SSSR count). The van der Waals surface area contributed by atoms with E-state index in [1.54, 1.807) is 23.6 Å². The van der Waals surface area contributed by atoms with E-state index < -0.39 is 6.04 Å². The molecular formula is C34H31N3O5S. The van der Waals surface area contributed by atoms with Crippen molar-refractivity contribution in [1.82, 2.24) is 4.57 Å². The first-order valence-corrected chi connectivity index (χ1v) is 14.7. The Bertz CT molecular complexity index is 1880. The maximum atomic E-state index is 14.0. The number of benzene rings is 3. The zero-order chi connectivity index (χ0) is 30.3. The standard InChI is InChI=1S/C34H31N3O5S/c1-5-19-42-27-18-13-23(20-28(27)41-7-3)21-29-33(39)37-31(24-14-16-26(17-15-24)40-6-2)30(22(4)35-34(37)43-29)32(38)36-25-11-9-8-10-12-25/h1,8-18,20-21,31H,6-7,19H2,2-4H3,(H,36,38)/b29-21-/t31-/m0/s1. The van der Waals surface area contributed by atoms with Crippen LogP contribution in [0.4, 0.5) is 5.69 Å². The number of allylic oxidation sites excluding steroid dienone is 1. The van der Waals surface area contributed by atoms with Crippen molar-refractivity contribution < 1.29 is 19.0 Å². The Balaban J connectivity index is 1.62. The van der Waals surface area contributed by atoms with Crippen LogP contribution in [0.1, 0.15) is 37.9 Å². The number of hydrogen-bond acceptors (Lipinski definition) is 7. The van der Waals surface area contributed by atoms with Gasteiger partial charge < -0.3 is 19.5 Å². The van der Waals surface area contributed by atoms with Crippen molar-refractivity contribution in [2.24, 2.45) is 4.99 Å². The molecule has 1 aromatic heterocycles. The molecule has 0 bridgehead atoms. The minimum absolute atomic E-state index is 0.114. The fourth-order valence-electron chi connectivity index (χ4n) is 4.83. The Morgan fingerprint density at radius 2 is 1.77 bits per heavy atom. The van der Waals surface area contributed by atoms with Crippen LogP contribution >= 0.6 is 11.3 Å². The van der Waals surface area contributed by atoms with E-state index in [1.165, 1.54) is 11.3 Å². The number of rotatable bonds is 10. The number of terminal acetylenes is 1. The van der Waals surface area contributed by atoms with Crippen LogP contribution in [0.3, 0.4) is 0 Å². The molecule has 0 aliphatic carbocycles. The Hall–Kier alpha value is -5.07. The van der Waals surface area contributed by atoms with E-state index in [2.05, 4.69) is 11.2 Å². The lowest BCUT2D eigenvalue weighted by molar-refractivity contribution is -0.113. The van der Waals surface area contributed by atoms with Crippen molar-refractivity contribution in [3.05, 3.63) is 115 Å². The molecule has 1 N–H and O–H groups in total. The first-order valence-electron chi connectivity index (χ1n) is 13.9. The molecular weight excluding hydrogens is 562 g/mol. The van der Waals surface area contributed by atoms with E-state index >= 15 is 0 Å². The van der Waals surface area contributed by atoms with E-state index in [0.717, 1.165) is 11.1 Å². The van der Waals surface area contributed by atoms with Crippen LogP contribution in [0, 0.1) is 12.3 Å². The molecule has 0 saturated heterocycles. The number of amides is 1. The Kier molecular flexibility index (Phi) is 9.08. The van der Waals surface area contributed by atoms with E-state index in [-0.39, 0.29) is 18.1 Å². The number of anilines is 1. The van der Waals surface area contributed by atoms with Gasteiger partial charge in [0.05, 0.1) is 35.1 Å². The number of carbonyl (C=O) groups excluding carboxylic acids is 1. The number of fused-ring (bicyclic) bond motifs is 1. The second-order valence-electron chi connectivity index (χ2n) is 9.54. The van der Waals surface area contributed by atoms with Crippen LogP contribution in [0.2, 0.25) is 0 Å². The first kappa shape index (κ1) is 29.4. The number of hydrogen-bond donors (Lipinski definition) is 1. The van der Waals surface area contributed by atoms with Gasteiger partial charge in [-0.25, -0.2) is 4.99 Å². The maximum Gasteiger partial charge on any atom is 0.271 e. The lowest BCUT2D eigenvalue weighted by atomic mass is 9.95. The molecule has 0 saturated carbocycles. The molecule has 1 aliphatic rings. The Labute approximate surface area is 253 Å². The zero-order valence-corrected chi connectivity index (χ0v) is 24.9. The number of nitrogens with zero attached hydrogens (tertiary/aromatic N) is 2. The molecule has 0 unspecified atom stereocenters. The molecule has 2 heterocycles. The maximum absolute atomic E-state index is 14.0. The van der Waals surface area contributed by atoms with Crippen LogP contribution in [0.15, 0.2) is 93.9 Å². The van der Waals surface area contributed by atoms with Crippen molar-refractivity contribution >= 4 is 29.0 Å². The molecule has 218 valence electrons. The van der Waals surface area contributed by atoms with Crippen molar-refractivity contribution in [1.29, 1.82) is 0 Å². The highest BCUT2D eigenvalue weighted by molar-refractivity contribution is 7.07. The predicted octanol–water partition coefficient (Wildman–Crippen LogP) is 4.68. The number of nitrogens with one attached hydrogen (secondary N) is 1. The lowest BCUT2D eigenvalue weighted by Gasteiger charge is -2.25. The molecule has 1 atom stereocenters. The summed E-state index contributed by atoms with van der Waals surface area (Å²) in [4.78, 5) is 33.0. The third-order valence-electron chi connectivity index (χ3n) is 6.68. The second kappa shape index (κ2) is 13.3. The number of para-hydroxylation sites is 1. The minimum Gasteiger partial charge on any atom is -0.494 e. The third-order valence-corrected chi connectivity index (χ3v) is 7.66. The Morgan fingerprint density at radius 1 is 1.02 bits per heavy atom. The summed E-state index contributed by atoms with van der Waals surface area (Å²) in [5.41, 5.74) is 2.82. The number of carbonyl (C=O) groups is 1. The summed E-state index contributed by atoms with van der Waals surface area (Å²) in [5.74, 6) is 3.88. The zero-order valence-electron chi connectivity index (χ0n) is 24.1. The monoisotopic (exact) mass is 593 g/mol. The molecule has 0 spiro atoms. The first-order chi connectivity index (χ1) is 20.9. The number of thiazole rings is 1. The average molecular weight is 594 g/mol. The predicted molar refractivity (Wildman–Crippen MR) is 168 cm³/mol. The van der Waals surface area contributed by atoms with Crippen LogP contribution in [-0.4, -0.2) is 30.3 Å². The average Bonchev–Trinajstić information content (AvgIpc) is 3.31. The van der Waals surface area contributed by atoms with Gasteiger partial charge in [0.1, 0.15) is 12.4 Å². The fourth-order valence-corrected chi connectivity index (χ4v) is 5.88. The topological polar surface area (TPSA) is 91.2 Å². The molecule has 1 amide bonds. The molecule has 0 radical (unpaired) electrons. The summed E-state index contributed by atoms with van der Waals surface area (Å²) < 4.78 is 19.0. The van der Waals surface area contributed by atoms with Gasteiger partial charge in [0.15, 0.2) is 16.3 Å². The highest BCUT2D eigenvalue weighted by Crippen LogP contribution is 2.32. The van der Waals surface area contributed by atoms with Crippen molar-refractivity contribution in [3.63, 3.8) is 0 Å². The highest BCUT2D eigenvalue weighted by Gasteiger charge is 2.32. The van der Waals surface area contributed by atoms with Crippen molar-refractivity contribution in [3.8, 4) is 29.6 Å². The Morgan fingerprint density at radius 3 is 2.47 bits per heavy atom. The molecule has 43 heavy (non-hydrogen) atoms. The van der Waals surface area contributed by atoms with Gasteiger partial charge in [-0.3, -0.25) is 14.2 Å². The molecule has 8 nitrogen and oxygen atoms in total. The van der Waals surface area contributed by atoms with Gasteiger partial charge in [-0.2, -0.15) is 0 Å². The van der Waals surface area contributed by atoms with E-state index in [1.807, 2.05) is 80.6 Å². The van der Waals surface area contributed by atoms with Crippen LogP contribution < -0.4 is 34.4 Å². The van der Waals surface area contributed by atoms with Gasteiger partial charge in [0, 0.05) is 5.69 Å². The quantitative estimate of drug-likeness (QED) is 0.270. The SMILES string of the molecule is C#CCOc1ccc(/C=c2\sc3n(c2=O)[C@@H](c2ccc(OCC)cc2)C(C(=O)Nc2ccccc2)=C(C)N=3)cc1OCC. The number of aromatic nitrogens is 1. The fraction of sp³-hybridized carbons (Fsp3) is 0.206. The smallest absolute Gasteiger partial charge is 0.271 e. The van der Waals surface area contributed by atoms with Gasteiger partial charge in [0.25, 0.3) is 11.5 Å². The van der Waals surface area contributed by atoms with Gasteiger partial charge >= 0.3 is 0 Å². The highest BCUT2D eigenvalue weighted by atomic mass is 32.1. The molecule has 0 fully saturated rings. The van der Waals surface area contributed by atoms with Gasteiger partial charge in [-0.1, -0.05) is 53.7 Å². The molecule has 9 heteroatoms. The summed E-state index contributed by atoms with van der Waals surface area (Å²) in [6.07, 6.45) is 7.13. The van der Waals surface area contributed by atoms with Crippen LogP contribution in [0.25, 0.3) is 6.08 Å². The van der Waals surface area contributed by atoms with Gasteiger partial charge in [-0.05, 0) is 74.4 Å². The van der Waals surface area contributed by atoms with Crippen molar-refractivity contribution in [2.45, 2.75) is 26.8 Å². The summed E-state index contributed by atoms with van der Waals surface area (Å²) in [5, 5.41) is 2.97. The van der Waals surface area contributed by atoms with Crippen LogP contribution in [0.5, 0.6) is 17.2 Å². The van der Waals surface area contributed by atoms with E-state index in [0.29, 0.717) is 56.8 Å². The number of ether oxygens (including phenoxy) is 3. The second-order valence-corrected chi connectivity index (χ2v) is 10.5. The summed E-state index contributed by atoms with van der Waals surface area (Å²) in [6, 6.07) is 21.4. The van der Waals surface area contributed by atoms with Crippen LogP contribution in [-0.2, 0) is 4.79 Å². The summed E-state index contributed by atoms with van der Waals surface area (Å²) in [6.45, 7) is 6.67. The molecule has 4 aromatic rings. The van der Waals surface area contributed by atoms with E-state index in [9.17, 15) is 9.59 Å². The minimum atomic E-state index is -0.698. The molecule has 1 aliphatic heterocycles. The largest absolute Gasteiger partial charge is 0.494 e. The third kappa shape index (κ3) is 6.40. The normalized spacial score (nSPS) is 14.4. The summed E-state index contributed by atoms with van der Waals surface area (Å²) >= 11 is 1.26. The summed E-state index contributed by atoms with van der Waals surface area (Å²) in [7, 11) is 0. The molecule has 3 aromatic carbocycles.